The van der Waals surface area contributed by atoms with Gasteiger partial charge in [-0.05, 0) is 78.6 Å². The van der Waals surface area contributed by atoms with Gasteiger partial charge < -0.3 is 10.2 Å². The van der Waals surface area contributed by atoms with Crippen molar-refractivity contribution in [3.63, 3.8) is 0 Å². The monoisotopic (exact) mass is 481 g/mol. The van der Waals surface area contributed by atoms with E-state index in [1.807, 2.05) is 85.8 Å². The molecule has 0 saturated carbocycles. The van der Waals surface area contributed by atoms with Crippen LogP contribution >= 0.6 is 11.6 Å². The molecule has 0 bridgehead atoms. The van der Waals surface area contributed by atoms with Gasteiger partial charge in [-0.15, -0.1) is 0 Å². The van der Waals surface area contributed by atoms with Gasteiger partial charge in [0.25, 0.3) is 5.91 Å². The second-order valence-electron chi connectivity index (χ2n) is 8.65. The molecule has 0 unspecified atom stereocenters. The number of amides is 2. The van der Waals surface area contributed by atoms with Gasteiger partial charge in [-0.3, -0.25) is 14.6 Å². The number of anilines is 2. The van der Waals surface area contributed by atoms with Crippen LogP contribution in [0.25, 0.3) is 11.1 Å². The first-order valence-electron chi connectivity index (χ1n) is 11.5. The van der Waals surface area contributed by atoms with E-state index in [1.165, 1.54) is 0 Å². The highest BCUT2D eigenvalue weighted by Crippen LogP contribution is 2.32. The zero-order chi connectivity index (χ0) is 24.4. The van der Waals surface area contributed by atoms with E-state index in [0.29, 0.717) is 22.8 Å². The number of benzene rings is 3. The second kappa shape index (κ2) is 9.72. The number of aromatic nitrogens is 1. The summed E-state index contributed by atoms with van der Waals surface area (Å²) >= 11 is 6.04. The molecule has 0 atom stereocenters. The summed E-state index contributed by atoms with van der Waals surface area (Å²) in [7, 11) is 0. The summed E-state index contributed by atoms with van der Waals surface area (Å²) in [6.07, 6.45) is 2.70. The van der Waals surface area contributed by atoms with Crippen molar-refractivity contribution >= 4 is 34.8 Å². The minimum absolute atomic E-state index is 0.0200. The molecule has 6 heteroatoms. The van der Waals surface area contributed by atoms with Gasteiger partial charge in [-0.2, -0.15) is 0 Å². The predicted molar refractivity (Wildman–Crippen MR) is 140 cm³/mol. The standard InChI is InChI=1S/C29H24ClN3O2/c1-19-5-11-25(20-6-8-22(30)9-7-20)26(16-19)29(35)32-24-10-12-27-21(17-24)13-15-33(27)28(34)18-23-4-2-3-14-31-23/h2-12,14,16-17H,13,15,18H2,1H3,(H,32,35). The number of nitrogens with zero attached hydrogens (tertiary/aromatic N) is 2. The van der Waals surface area contributed by atoms with E-state index < -0.39 is 0 Å². The number of aryl methyl sites for hydroxylation is 1. The summed E-state index contributed by atoms with van der Waals surface area (Å²) in [5.74, 6) is -0.161. The molecule has 2 heterocycles. The fraction of sp³-hybridized carbons (Fsp3) is 0.138. The van der Waals surface area contributed by atoms with Crippen molar-refractivity contribution in [2.45, 2.75) is 19.8 Å². The number of pyridine rings is 1. The van der Waals surface area contributed by atoms with Crippen LogP contribution in [-0.2, 0) is 17.6 Å². The first-order valence-corrected chi connectivity index (χ1v) is 11.9. The Morgan fingerprint density at radius 3 is 2.60 bits per heavy atom. The van der Waals surface area contributed by atoms with E-state index >= 15 is 0 Å². The van der Waals surface area contributed by atoms with Crippen molar-refractivity contribution in [3.8, 4) is 11.1 Å². The van der Waals surface area contributed by atoms with Crippen LogP contribution in [0.3, 0.4) is 0 Å². The van der Waals surface area contributed by atoms with E-state index in [0.717, 1.165) is 40.1 Å². The molecule has 3 aromatic carbocycles. The summed E-state index contributed by atoms with van der Waals surface area (Å²) in [6.45, 7) is 2.59. The fourth-order valence-corrected chi connectivity index (χ4v) is 4.54. The number of nitrogens with one attached hydrogen (secondary N) is 1. The summed E-state index contributed by atoms with van der Waals surface area (Å²) in [6, 6.07) is 24.6. The van der Waals surface area contributed by atoms with Crippen molar-refractivity contribution < 1.29 is 9.59 Å². The van der Waals surface area contributed by atoms with Crippen molar-refractivity contribution in [1.29, 1.82) is 0 Å². The third-order valence-corrected chi connectivity index (χ3v) is 6.42. The van der Waals surface area contributed by atoms with Crippen LogP contribution in [0.15, 0.2) is 85.1 Å². The van der Waals surface area contributed by atoms with Crippen molar-refractivity contribution in [2.75, 3.05) is 16.8 Å². The third-order valence-electron chi connectivity index (χ3n) is 6.17. The molecule has 0 saturated heterocycles. The Morgan fingerprint density at radius 1 is 1.00 bits per heavy atom. The summed E-state index contributed by atoms with van der Waals surface area (Å²) in [5.41, 5.74) is 6.76. The Labute approximate surface area is 209 Å². The van der Waals surface area contributed by atoms with Gasteiger partial charge in [0.15, 0.2) is 0 Å². The molecular formula is C29H24ClN3O2. The summed E-state index contributed by atoms with van der Waals surface area (Å²) in [4.78, 5) is 32.2. The highest BCUT2D eigenvalue weighted by atomic mass is 35.5. The maximum atomic E-state index is 13.3. The summed E-state index contributed by atoms with van der Waals surface area (Å²) in [5, 5.41) is 3.69. The molecule has 35 heavy (non-hydrogen) atoms. The lowest BCUT2D eigenvalue weighted by Gasteiger charge is -2.18. The molecule has 174 valence electrons. The van der Waals surface area contributed by atoms with Gasteiger partial charge in [-0.25, -0.2) is 0 Å². The molecule has 1 N–H and O–H groups in total. The van der Waals surface area contributed by atoms with Crippen LogP contribution in [0, 0.1) is 6.92 Å². The number of hydrogen-bond donors (Lipinski definition) is 1. The fourth-order valence-electron chi connectivity index (χ4n) is 4.42. The van der Waals surface area contributed by atoms with Crippen molar-refractivity contribution in [1.82, 2.24) is 4.98 Å². The molecule has 0 radical (unpaired) electrons. The first-order chi connectivity index (χ1) is 17.0. The Morgan fingerprint density at radius 2 is 1.83 bits per heavy atom. The highest BCUT2D eigenvalue weighted by molar-refractivity contribution is 6.30. The van der Waals surface area contributed by atoms with Gasteiger partial charge in [0, 0.05) is 40.4 Å². The molecule has 2 amide bonds. The average Bonchev–Trinajstić information content (AvgIpc) is 3.29. The first kappa shape index (κ1) is 22.8. The number of fused-ring (bicyclic) bond motifs is 1. The normalized spacial score (nSPS) is 12.3. The van der Waals surface area contributed by atoms with Gasteiger partial charge in [0.05, 0.1) is 6.42 Å². The molecule has 0 fully saturated rings. The summed E-state index contributed by atoms with van der Waals surface area (Å²) < 4.78 is 0. The molecule has 1 aliphatic rings. The maximum Gasteiger partial charge on any atom is 0.256 e. The van der Waals surface area contributed by atoms with Gasteiger partial charge in [-0.1, -0.05) is 47.5 Å². The molecule has 1 aliphatic heterocycles. The molecule has 5 nitrogen and oxygen atoms in total. The van der Waals surface area contributed by atoms with Crippen molar-refractivity contribution in [3.05, 3.63) is 112 Å². The molecule has 5 rings (SSSR count). The lowest BCUT2D eigenvalue weighted by atomic mass is 9.97. The van der Waals surface area contributed by atoms with Crippen molar-refractivity contribution in [2.24, 2.45) is 0 Å². The second-order valence-corrected chi connectivity index (χ2v) is 9.08. The smallest absolute Gasteiger partial charge is 0.256 e. The zero-order valence-corrected chi connectivity index (χ0v) is 20.0. The molecule has 0 aliphatic carbocycles. The lowest BCUT2D eigenvalue weighted by molar-refractivity contribution is -0.117. The Kier molecular flexibility index (Phi) is 6.34. The van der Waals surface area contributed by atoms with Crippen LogP contribution in [0.2, 0.25) is 5.02 Å². The predicted octanol–water partition coefficient (Wildman–Crippen LogP) is 6.09. The zero-order valence-electron chi connectivity index (χ0n) is 19.3. The van der Waals surface area contributed by atoms with Gasteiger partial charge in [0.2, 0.25) is 5.91 Å². The van der Waals surface area contributed by atoms with E-state index in [9.17, 15) is 9.59 Å². The average molecular weight is 482 g/mol. The largest absolute Gasteiger partial charge is 0.322 e. The Bertz CT molecular complexity index is 1400. The van der Waals surface area contributed by atoms with Gasteiger partial charge >= 0.3 is 0 Å². The molecule has 1 aromatic heterocycles. The SMILES string of the molecule is Cc1ccc(-c2ccc(Cl)cc2)c(C(=O)Nc2ccc3c(c2)CCN3C(=O)Cc2ccccn2)c1. The number of hydrogen-bond acceptors (Lipinski definition) is 3. The lowest BCUT2D eigenvalue weighted by Crippen LogP contribution is -2.30. The Balaban J connectivity index is 1.35. The highest BCUT2D eigenvalue weighted by Gasteiger charge is 2.25. The minimum atomic E-state index is -0.181. The number of carbonyl (C=O) groups excluding carboxylic acids is 2. The molecule has 0 spiro atoms. The van der Waals surface area contributed by atoms with Crippen LogP contribution in [-0.4, -0.2) is 23.3 Å². The number of carbonyl (C=O) groups is 2. The maximum absolute atomic E-state index is 13.3. The molecule has 4 aromatic rings. The topological polar surface area (TPSA) is 62.3 Å². The van der Waals surface area contributed by atoms with E-state index in [2.05, 4.69) is 10.3 Å². The number of rotatable bonds is 5. The van der Waals surface area contributed by atoms with E-state index in [4.69, 9.17) is 11.6 Å². The van der Waals surface area contributed by atoms with Crippen LogP contribution in [0.4, 0.5) is 11.4 Å². The quantitative estimate of drug-likeness (QED) is 0.375. The van der Waals surface area contributed by atoms with Crippen LogP contribution in [0.5, 0.6) is 0 Å². The van der Waals surface area contributed by atoms with Gasteiger partial charge in [0.1, 0.15) is 0 Å². The third kappa shape index (κ3) is 4.96. The van der Waals surface area contributed by atoms with Crippen LogP contribution < -0.4 is 10.2 Å². The van der Waals surface area contributed by atoms with Crippen LogP contribution in [0.1, 0.15) is 27.2 Å². The van der Waals surface area contributed by atoms with E-state index in [1.54, 1.807) is 11.1 Å². The minimum Gasteiger partial charge on any atom is -0.322 e. The number of halogens is 1. The van der Waals surface area contributed by atoms with E-state index in [-0.39, 0.29) is 18.2 Å². The molecular weight excluding hydrogens is 458 g/mol. The Hall–Kier alpha value is -3.96.